The lowest BCUT2D eigenvalue weighted by atomic mass is 10.2. The maximum absolute atomic E-state index is 12.2. The highest BCUT2D eigenvalue weighted by Gasteiger charge is 2.22. The Labute approximate surface area is 181 Å². The maximum atomic E-state index is 12.2. The van der Waals surface area contributed by atoms with Crippen molar-refractivity contribution in [2.24, 2.45) is 0 Å². The highest BCUT2D eigenvalue weighted by atomic mass is 32.1. The van der Waals surface area contributed by atoms with Gasteiger partial charge in [0, 0.05) is 12.7 Å². The quantitative estimate of drug-likeness (QED) is 0.398. The molecule has 3 rings (SSSR count). The predicted molar refractivity (Wildman–Crippen MR) is 118 cm³/mol. The average molecular weight is 432 g/mol. The van der Waals surface area contributed by atoms with Gasteiger partial charge in [-0.15, -0.1) is 10.2 Å². The number of nitrogens with zero attached hydrogens (tertiary/aromatic N) is 2. The van der Waals surface area contributed by atoms with Gasteiger partial charge < -0.3 is 14.2 Å². The van der Waals surface area contributed by atoms with E-state index in [4.69, 9.17) is 14.2 Å². The number of hydrogen-bond donors (Lipinski definition) is 1. The van der Waals surface area contributed by atoms with Gasteiger partial charge in [0.1, 0.15) is 11.1 Å². The second-order valence-corrected chi connectivity index (χ2v) is 8.10. The summed E-state index contributed by atoms with van der Waals surface area (Å²) in [7, 11) is 1.61. The van der Waals surface area contributed by atoms with Crippen molar-refractivity contribution in [3.63, 3.8) is 0 Å². The Morgan fingerprint density at radius 1 is 1.30 bits per heavy atom. The molecule has 0 unspecified atom stereocenters. The molecule has 0 aliphatic carbocycles. The number of nitrogens with one attached hydrogen (secondary N) is 1. The molecule has 1 aliphatic rings. The maximum Gasteiger partial charge on any atom is 0.250 e. The second-order valence-electron chi connectivity index (χ2n) is 7.09. The lowest BCUT2D eigenvalue weighted by Crippen LogP contribution is -2.07. The van der Waals surface area contributed by atoms with E-state index in [0.29, 0.717) is 23.2 Å². The molecule has 1 atom stereocenters. The smallest absolute Gasteiger partial charge is 0.250 e. The first-order valence-corrected chi connectivity index (χ1v) is 11.3. The van der Waals surface area contributed by atoms with Crippen molar-refractivity contribution in [2.75, 3.05) is 25.6 Å². The first-order chi connectivity index (χ1) is 14.7. The Balaban J connectivity index is 1.52. The molecule has 1 aliphatic heterocycles. The molecule has 0 bridgehead atoms. The van der Waals surface area contributed by atoms with Gasteiger partial charge in [-0.3, -0.25) is 10.1 Å². The molecule has 8 heteroatoms. The summed E-state index contributed by atoms with van der Waals surface area (Å²) in [6, 6.07) is 5.62. The zero-order valence-corrected chi connectivity index (χ0v) is 18.4. The van der Waals surface area contributed by atoms with Crippen LogP contribution in [0.15, 0.2) is 24.3 Å². The fourth-order valence-corrected chi connectivity index (χ4v) is 3.96. The minimum absolute atomic E-state index is 0.00328. The zero-order valence-electron chi connectivity index (χ0n) is 17.6. The molecule has 162 valence electrons. The van der Waals surface area contributed by atoms with Gasteiger partial charge in [0.05, 0.1) is 13.7 Å². The van der Waals surface area contributed by atoms with Crippen molar-refractivity contribution < 1.29 is 19.0 Å². The van der Waals surface area contributed by atoms with Crippen LogP contribution in [0.3, 0.4) is 0 Å². The van der Waals surface area contributed by atoms with Crippen LogP contribution >= 0.6 is 11.3 Å². The van der Waals surface area contributed by atoms with E-state index in [1.54, 1.807) is 13.2 Å². The van der Waals surface area contributed by atoms with Crippen LogP contribution < -0.4 is 14.8 Å². The summed E-state index contributed by atoms with van der Waals surface area (Å²) in [6.45, 7) is 3.61. The van der Waals surface area contributed by atoms with Crippen LogP contribution in [-0.2, 0) is 9.53 Å². The number of amides is 1. The Hall–Kier alpha value is -2.45. The lowest BCUT2D eigenvalue weighted by Gasteiger charge is -2.11. The van der Waals surface area contributed by atoms with Crippen LogP contribution in [0.25, 0.3) is 6.08 Å². The second kappa shape index (κ2) is 11.7. The Morgan fingerprint density at radius 2 is 2.20 bits per heavy atom. The fraction of sp³-hybridized carbons (Fsp3) is 0.500. The molecular formula is C22H29N3O4S. The summed E-state index contributed by atoms with van der Waals surface area (Å²) < 4.78 is 16.9. The number of rotatable bonds is 11. The molecule has 2 heterocycles. The largest absolute Gasteiger partial charge is 0.493 e. The van der Waals surface area contributed by atoms with Crippen molar-refractivity contribution >= 4 is 28.5 Å². The van der Waals surface area contributed by atoms with E-state index >= 15 is 0 Å². The summed E-state index contributed by atoms with van der Waals surface area (Å²) >= 11 is 1.35. The molecule has 1 amide bonds. The van der Waals surface area contributed by atoms with Crippen LogP contribution in [0.4, 0.5) is 5.13 Å². The van der Waals surface area contributed by atoms with Crippen molar-refractivity contribution in [1.82, 2.24) is 10.2 Å². The van der Waals surface area contributed by atoms with Crippen molar-refractivity contribution in [3.05, 3.63) is 34.8 Å². The zero-order chi connectivity index (χ0) is 21.2. The van der Waals surface area contributed by atoms with Crippen molar-refractivity contribution in [2.45, 2.75) is 51.6 Å². The number of unbranched alkanes of at least 4 members (excludes halogenated alkanes) is 3. The summed E-state index contributed by atoms with van der Waals surface area (Å²) in [6.07, 6.45) is 9.79. The lowest BCUT2D eigenvalue weighted by molar-refractivity contribution is -0.111. The molecule has 1 fully saturated rings. The summed E-state index contributed by atoms with van der Waals surface area (Å²) in [5.74, 6) is 1.10. The standard InChI is InChI=1S/C22H29N3O4S/c1-3-4-5-6-13-28-17-11-9-16(15-19(17)27-2)10-12-20(26)23-22-25-24-21(30-22)18-8-7-14-29-18/h9-12,15,18H,3-8,13-14H2,1-2H3,(H,23,25,26)/b12-10+/t18-/m1/s1. The minimum Gasteiger partial charge on any atom is -0.493 e. The normalized spacial score (nSPS) is 16.1. The third kappa shape index (κ3) is 6.53. The van der Waals surface area contributed by atoms with Crippen LogP contribution in [0, 0.1) is 0 Å². The number of carbonyl (C=O) groups excluding carboxylic acids is 1. The highest BCUT2D eigenvalue weighted by molar-refractivity contribution is 7.15. The molecule has 1 aromatic carbocycles. The van der Waals surface area contributed by atoms with E-state index in [1.807, 2.05) is 18.2 Å². The number of methoxy groups -OCH3 is 1. The monoisotopic (exact) mass is 431 g/mol. The Bertz CT molecular complexity index is 847. The van der Waals surface area contributed by atoms with E-state index in [2.05, 4.69) is 22.4 Å². The van der Waals surface area contributed by atoms with Gasteiger partial charge >= 0.3 is 0 Å². The molecule has 0 radical (unpaired) electrons. The van der Waals surface area contributed by atoms with Gasteiger partial charge in [0.2, 0.25) is 11.0 Å². The molecular weight excluding hydrogens is 402 g/mol. The average Bonchev–Trinajstić information content (AvgIpc) is 3.44. The van der Waals surface area contributed by atoms with Crippen LogP contribution in [-0.4, -0.2) is 36.4 Å². The molecule has 0 spiro atoms. The minimum atomic E-state index is -0.264. The Morgan fingerprint density at radius 3 is 2.97 bits per heavy atom. The van der Waals surface area contributed by atoms with Gasteiger partial charge in [-0.25, -0.2) is 0 Å². The SMILES string of the molecule is CCCCCCOc1ccc(/C=C/C(=O)Nc2nnc([C@H]3CCCO3)s2)cc1OC. The van der Waals surface area contributed by atoms with Crippen LogP contribution in [0.1, 0.15) is 62.1 Å². The van der Waals surface area contributed by atoms with E-state index in [-0.39, 0.29) is 12.0 Å². The molecule has 30 heavy (non-hydrogen) atoms. The number of carbonyl (C=O) groups is 1. The van der Waals surface area contributed by atoms with Crippen molar-refractivity contribution in [1.29, 1.82) is 0 Å². The van der Waals surface area contributed by atoms with Gasteiger partial charge in [-0.05, 0) is 43.0 Å². The summed E-state index contributed by atoms with van der Waals surface area (Å²) in [5.41, 5.74) is 0.845. The topological polar surface area (TPSA) is 82.6 Å². The van der Waals surface area contributed by atoms with Crippen molar-refractivity contribution in [3.8, 4) is 11.5 Å². The molecule has 1 saturated heterocycles. The van der Waals surface area contributed by atoms with Crippen LogP contribution in [0.5, 0.6) is 11.5 Å². The molecule has 2 aromatic rings. The number of ether oxygens (including phenoxy) is 3. The van der Waals surface area contributed by atoms with E-state index in [1.165, 1.54) is 36.7 Å². The third-order valence-corrected chi connectivity index (χ3v) is 5.68. The fourth-order valence-electron chi connectivity index (χ4n) is 3.12. The molecule has 1 N–H and O–H groups in total. The first kappa shape index (κ1) is 22.2. The predicted octanol–water partition coefficient (Wildman–Crippen LogP) is 5.01. The summed E-state index contributed by atoms with van der Waals surface area (Å²) in [4.78, 5) is 12.2. The van der Waals surface area contributed by atoms with E-state index in [0.717, 1.165) is 36.4 Å². The number of anilines is 1. The highest BCUT2D eigenvalue weighted by Crippen LogP contribution is 2.32. The number of hydrogen-bond acceptors (Lipinski definition) is 7. The van der Waals surface area contributed by atoms with Crippen LogP contribution in [0.2, 0.25) is 0 Å². The first-order valence-electron chi connectivity index (χ1n) is 10.4. The summed E-state index contributed by atoms with van der Waals surface area (Å²) in [5, 5.41) is 12.2. The Kier molecular flexibility index (Phi) is 8.65. The third-order valence-electron chi connectivity index (χ3n) is 4.75. The molecule has 7 nitrogen and oxygen atoms in total. The molecule has 1 aromatic heterocycles. The molecule has 0 saturated carbocycles. The van der Waals surface area contributed by atoms with E-state index in [9.17, 15) is 4.79 Å². The van der Waals surface area contributed by atoms with E-state index < -0.39 is 0 Å². The van der Waals surface area contributed by atoms with Gasteiger partial charge in [-0.1, -0.05) is 43.6 Å². The van der Waals surface area contributed by atoms with Gasteiger partial charge in [0.25, 0.3) is 0 Å². The van der Waals surface area contributed by atoms with Gasteiger partial charge in [-0.2, -0.15) is 0 Å². The number of benzene rings is 1. The number of aromatic nitrogens is 2. The van der Waals surface area contributed by atoms with Gasteiger partial charge in [0.15, 0.2) is 11.5 Å².